The van der Waals surface area contributed by atoms with Gasteiger partial charge in [0.25, 0.3) is 0 Å². The van der Waals surface area contributed by atoms with E-state index in [1.54, 1.807) is 6.07 Å². The van der Waals surface area contributed by atoms with Crippen molar-refractivity contribution in [2.24, 2.45) is 0 Å². The summed E-state index contributed by atoms with van der Waals surface area (Å²) in [5.74, 6) is -0.0423. The third kappa shape index (κ3) is 3.21. The quantitative estimate of drug-likeness (QED) is 0.896. The Morgan fingerprint density at radius 2 is 2.06 bits per heavy atom. The molecule has 1 N–H and O–H groups in total. The van der Waals surface area contributed by atoms with Gasteiger partial charge in [-0.3, -0.25) is 4.90 Å². The number of rotatable bonds is 3. The number of nitrogens with zero attached hydrogens (tertiary/aromatic N) is 1. The number of halogens is 1. The predicted molar refractivity (Wildman–Crippen MR) is 68.1 cm³/mol. The second kappa shape index (κ2) is 5.24. The van der Waals surface area contributed by atoms with Crippen molar-refractivity contribution in [2.75, 3.05) is 20.2 Å². The number of ether oxygens (including phenoxy) is 1. The highest BCUT2D eigenvalue weighted by atomic mass is 19.1. The van der Waals surface area contributed by atoms with Crippen LogP contribution < -0.4 is 4.74 Å². The summed E-state index contributed by atoms with van der Waals surface area (Å²) >= 11 is 0. The zero-order chi connectivity index (χ0) is 13.2. The molecule has 1 saturated heterocycles. The topological polar surface area (TPSA) is 32.7 Å². The Hall–Kier alpha value is -1.13. The molecule has 0 spiro atoms. The van der Waals surface area contributed by atoms with E-state index in [4.69, 9.17) is 4.74 Å². The highest BCUT2D eigenvalue weighted by Crippen LogP contribution is 2.24. The van der Waals surface area contributed by atoms with Crippen LogP contribution in [0.5, 0.6) is 5.75 Å². The molecule has 2 rings (SSSR count). The molecule has 1 aromatic carbocycles. The predicted octanol–water partition coefficient (Wildman–Crippen LogP) is 2.18. The van der Waals surface area contributed by atoms with Crippen molar-refractivity contribution >= 4 is 0 Å². The van der Waals surface area contributed by atoms with Crippen molar-refractivity contribution < 1.29 is 14.2 Å². The van der Waals surface area contributed by atoms with E-state index in [9.17, 15) is 9.50 Å². The standard InChI is InChI=1S/C14H20FNO2/c1-14(17)5-7-16(8-6-14)10-11-3-4-13(18-2)12(15)9-11/h3-4,9,17H,5-8,10H2,1-2H3. The lowest BCUT2D eigenvalue weighted by molar-refractivity contribution is -0.00732. The second-order valence-electron chi connectivity index (χ2n) is 5.24. The van der Waals surface area contributed by atoms with Crippen LogP contribution in [-0.4, -0.2) is 35.8 Å². The Balaban J connectivity index is 1.96. The fraction of sp³-hybridized carbons (Fsp3) is 0.571. The van der Waals surface area contributed by atoms with Crippen molar-refractivity contribution in [1.29, 1.82) is 0 Å². The number of aliphatic hydroxyl groups is 1. The first-order valence-electron chi connectivity index (χ1n) is 6.27. The van der Waals surface area contributed by atoms with Gasteiger partial charge in [-0.05, 0) is 37.5 Å². The minimum Gasteiger partial charge on any atom is -0.494 e. The van der Waals surface area contributed by atoms with Gasteiger partial charge in [0.2, 0.25) is 0 Å². The van der Waals surface area contributed by atoms with Crippen LogP contribution in [0, 0.1) is 5.82 Å². The molecular weight excluding hydrogens is 233 g/mol. The third-order valence-electron chi connectivity index (χ3n) is 3.56. The Morgan fingerprint density at radius 1 is 1.39 bits per heavy atom. The van der Waals surface area contributed by atoms with Crippen LogP contribution in [0.3, 0.4) is 0 Å². The number of methoxy groups -OCH3 is 1. The molecule has 1 fully saturated rings. The van der Waals surface area contributed by atoms with Crippen LogP contribution in [0.2, 0.25) is 0 Å². The van der Waals surface area contributed by atoms with Crippen molar-refractivity contribution in [3.05, 3.63) is 29.6 Å². The molecule has 1 aliphatic heterocycles. The maximum atomic E-state index is 13.5. The zero-order valence-corrected chi connectivity index (χ0v) is 10.9. The molecule has 0 unspecified atom stereocenters. The molecule has 3 nitrogen and oxygen atoms in total. The smallest absolute Gasteiger partial charge is 0.165 e. The maximum absolute atomic E-state index is 13.5. The average Bonchev–Trinajstić information content (AvgIpc) is 2.32. The van der Waals surface area contributed by atoms with E-state index in [0.29, 0.717) is 0 Å². The number of piperidine rings is 1. The Labute approximate surface area is 107 Å². The molecule has 0 bridgehead atoms. The van der Waals surface area contributed by atoms with E-state index < -0.39 is 5.60 Å². The van der Waals surface area contributed by atoms with Crippen LogP contribution in [0.4, 0.5) is 4.39 Å². The Morgan fingerprint density at radius 3 is 2.61 bits per heavy atom. The highest BCUT2D eigenvalue weighted by Gasteiger charge is 2.27. The minimum absolute atomic E-state index is 0.278. The molecule has 0 radical (unpaired) electrons. The average molecular weight is 253 g/mol. The maximum Gasteiger partial charge on any atom is 0.165 e. The highest BCUT2D eigenvalue weighted by molar-refractivity contribution is 5.29. The fourth-order valence-corrected chi connectivity index (χ4v) is 2.26. The summed E-state index contributed by atoms with van der Waals surface area (Å²) in [5, 5.41) is 9.87. The Bertz CT molecular complexity index is 410. The van der Waals surface area contributed by atoms with Gasteiger partial charge in [0.1, 0.15) is 0 Å². The molecule has 1 heterocycles. The molecule has 0 aromatic heterocycles. The van der Waals surface area contributed by atoms with Gasteiger partial charge in [-0.2, -0.15) is 0 Å². The summed E-state index contributed by atoms with van der Waals surface area (Å²) in [4.78, 5) is 2.24. The van der Waals surface area contributed by atoms with Gasteiger partial charge in [0.05, 0.1) is 12.7 Å². The van der Waals surface area contributed by atoms with E-state index in [0.717, 1.165) is 38.0 Å². The molecule has 0 aliphatic carbocycles. The summed E-state index contributed by atoms with van der Waals surface area (Å²) in [6.45, 7) is 4.29. The summed E-state index contributed by atoms with van der Waals surface area (Å²) in [7, 11) is 1.46. The summed E-state index contributed by atoms with van der Waals surface area (Å²) in [6, 6.07) is 5.06. The molecule has 100 valence electrons. The zero-order valence-electron chi connectivity index (χ0n) is 10.9. The summed E-state index contributed by atoms with van der Waals surface area (Å²) < 4.78 is 18.4. The van der Waals surface area contributed by atoms with Crippen LogP contribution in [-0.2, 0) is 6.54 Å². The lowest BCUT2D eigenvalue weighted by Crippen LogP contribution is -2.41. The van der Waals surface area contributed by atoms with Crippen molar-refractivity contribution in [2.45, 2.75) is 31.9 Å². The second-order valence-corrected chi connectivity index (χ2v) is 5.24. The number of hydrogen-bond acceptors (Lipinski definition) is 3. The monoisotopic (exact) mass is 253 g/mol. The van der Waals surface area contributed by atoms with E-state index in [1.807, 2.05) is 13.0 Å². The van der Waals surface area contributed by atoms with Crippen LogP contribution in [0.25, 0.3) is 0 Å². The van der Waals surface area contributed by atoms with E-state index >= 15 is 0 Å². The van der Waals surface area contributed by atoms with Gasteiger partial charge in [-0.1, -0.05) is 6.07 Å². The van der Waals surface area contributed by atoms with Gasteiger partial charge in [-0.25, -0.2) is 4.39 Å². The normalized spacial score (nSPS) is 19.8. The first kappa shape index (κ1) is 13.3. The van der Waals surface area contributed by atoms with Crippen molar-refractivity contribution in [1.82, 2.24) is 4.90 Å². The van der Waals surface area contributed by atoms with Crippen LogP contribution in [0.1, 0.15) is 25.3 Å². The van der Waals surface area contributed by atoms with E-state index in [1.165, 1.54) is 13.2 Å². The van der Waals surface area contributed by atoms with E-state index in [-0.39, 0.29) is 11.6 Å². The lowest BCUT2D eigenvalue weighted by Gasteiger charge is -2.35. The molecule has 0 amide bonds. The molecule has 0 atom stereocenters. The van der Waals surface area contributed by atoms with E-state index in [2.05, 4.69) is 4.90 Å². The first-order valence-corrected chi connectivity index (χ1v) is 6.27. The SMILES string of the molecule is COc1ccc(CN2CCC(C)(O)CC2)cc1F. The van der Waals surface area contributed by atoms with Crippen molar-refractivity contribution in [3.63, 3.8) is 0 Å². The van der Waals surface area contributed by atoms with Gasteiger partial charge in [0, 0.05) is 19.6 Å². The molecule has 18 heavy (non-hydrogen) atoms. The lowest BCUT2D eigenvalue weighted by atomic mass is 9.93. The minimum atomic E-state index is -0.540. The number of likely N-dealkylation sites (tertiary alicyclic amines) is 1. The van der Waals surface area contributed by atoms with Crippen LogP contribution >= 0.6 is 0 Å². The molecule has 0 saturated carbocycles. The Kier molecular flexibility index (Phi) is 3.88. The van der Waals surface area contributed by atoms with Crippen LogP contribution in [0.15, 0.2) is 18.2 Å². The van der Waals surface area contributed by atoms with Gasteiger partial charge in [-0.15, -0.1) is 0 Å². The molecule has 1 aliphatic rings. The largest absolute Gasteiger partial charge is 0.494 e. The van der Waals surface area contributed by atoms with Crippen molar-refractivity contribution in [3.8, 4) is 5.75 Å². The molecule has 1 aromatic rings. The third-order valence-corrected chi connectivity index (χ3v) is 3.56. The number of benzene rings is 1. The van der Waals surface area contributed by atoms with Gasteiger partial charge in [0.15, 0.2) is 11.6 Å². The molecular formula is C14H20FNO2. The van der Waals surface area contributed by atoms with Gasteiger partial charge < -0.3 is 9.84 Å². The number of hydrogen-bond donors (Lipinski definition) is 1. The fourth-order valence-electron chi connectivity index (χ4n) is 2.26. The van der Waals surface area contributed by atoms with Gasteiger partial charge >= 0.3 is 0 Å². The summed E-state index contributed by atoms with van der Waals surface area (Å²) in [5.41, 5.74) is 0.400. The molecule has 4 heteroatoms. The first-order chi connectivity index (χ1) is 8.50. The summed E-state index contributed by atoms with van der Waals surface area (Å²) in [6.07, 6.45) is 1.54.